The molecule has 5 heteroatoms. The second kappa shape index (κ2) is 19.3. The fraction of sp³-hybridized carbons (Fsp3) is 0.452. The van der Waals surface area contributed by atoms with Gasteiger partial charge in [0.25, 0.3) is 0 Å². The van der Waals surface area contributed by atoms with Crippen LogP contribution >= 0.6 is 0 Å². The Morgan fingerprint density at radius 3 is 2.03 bits per heavy atom. The lowest BCUT2D eigenvalue weighted by Gasteiger charge is -2.12. The normalized spacial score (nSPS) is 10.5. The summed E-state index contributed by atoms with van der Waals surface area (Å²) in [5, 5.41) is 6.60. The van der Waals surface area contributed by atoms with E-state index < -0.39 is 0 Å². The second-order valence-electron chi connectivity index (χ2n) is 9.18. The molecule has 0 fully saturated rings. The largest absolute Gasteiger partial charge is 0.354 e. The number of para-hydroxylation sites is 1. The summed E-state index contributed by atoms with van der Waals surface area (Å²) in [6.07, 6.45) is 7.20. The highest BCUT2D eigenvalue weighted by Crippen LogP contribution is 2.19. The maximum Gasteiger partial charge on any atom is 0.0814 e. The average Bonchev–Trinajstić information content (AvgIpc) is 2.84. The van der Waals surface area contributed by atoms with E-state index in [4.69, 9.17) is 5.84 Å². The van der Waals surface area contributed by atoms with Crippen LogP contribution in [-0.2, 0) is 0 Å². The average molecular weight is 494 g/mol. The first-order valence-corrected chi connectivity index (χ1v) is 13.0. The Bertz CT molecular complexity index is 949. The van der Waals surface area contributed by atoms with Gasteiger partial charge in [-0.1, -0.05) is 75.2 Å². The first-order chi connectivity index (χ1) is 17.1. The Hall–Kier alpha value is -2.89. The minimum absolute atomic E-state index is 0.764. The van der Waals surface area contributed by atoms with Crippen molar-refractivity contribution < 1.29 is 0 Å². The fourth-order valence-electron chi connectivity index (χ4n) is 3.59. The van der Waals surface area contributed by atoms with E-state index in [1.54, 1.807) is 0 Å². The first-order valence-electron chi connectivity index (χ1n) is 13.0. The van der Waals surface area contributed by atoms with Gasteiger partial charge in [0.2, 0.25) is 0 Å². The van der Waals surface area contributed by atoms with Crippen LogP contribution in [0.1, 0.15) is 77.0 Å². The smallest absolute Gasteiger partial charge is 0.0814 e. The molecule has 0 heterocycles. The van der Waals surface area contributed by atoms with Crippen LogP contribution in [0, 0.1) is 20.8 Å². The van der Waals surface area contributed by atoms with Gasteiger partial charge in [-0.15, -0.1) is 0 Å². The Labute approximate surface area is 221 Å². The molecule has 0 amide bonds. The number of rotatable bonds is 10. The predicted molar refractivity (Wildman–Crippen MR) is 163 cm³/mol. The lowest BCUT2D eigenvalue weighted by atomic mass is 10.1. The number of aliphatic imine (C=N–C) groups is 1. The lowest BCUT2D eigenvalue weighted by Crippen LogP contribution is -2.24. The summed E-state index contributed by atoms with van der Waals surface area (Å²) in [4.78, 5) is 4.44. The van der Waals surface area contributed by atoms with E-state index in [-0.39, 0.29) is 0 Å². The Morgan fingerprint density at radius 2 is 1.58 bits per heavy atom. The number of hydrogen-bond acceptors (Lipinski definition) is 5. The zero-order chi connectivity index (χ0) is 27.5. The van der Waals surface area contributed by atoms with Crippen molar-refractivity contribution in [3.05, 3.63) is 83.2 Å². The molecule has 0 saturated heterocycles. The number of nitrogens with zero attached hydrogens (tertiary/aromatic N) is 1. The molecule has 0 aliphatic heterocycles. The van der Waals surface area contributed by atoms with Crippen LogP contribution in [0.5, 0.6) is 0 Å². The Morgan fingerprint density at radius 1 is 0.972 bits per heavy atom. The standard InChI is InChI=1S/C15H20N2.C8H12N2.C8H19N/c1-6-14(16-11(2)3)13(5)17-15-10-8-7-9-12(15)4;1-6-3-4-8(10-9)7(2)5-6;1-4-6-8(9-3)7-5-2/h6-10,17H,5H2,1-4H3;3-5,10H,9H2,1-2H3;8-9H,4-7H2,1-3H3/b14-6-;;. The van der Waals surface area contributed by atoms with Crippen LogP contribution in [0.2, 0.25) is 0 Å². The minimum atomic E-state index is 0.764. The maximum absolute atomic E-state index is 5.25. The third-order valence-electron chi connectivity index (χ3n) is 5.58. The monoisotopic (exact) mass is 493 g/mol. The fourth-order valence-corrected chi connectivity index (χ4v) is 3.59. The van der Waals surface area contributed by atoms with Gasteiger partial charge in [-0.2, -0.15) is 0 Å². The number of hydrogen-bond donors (Lipinski definition) is 4. The van der Waals surface area contributed by atoms with Gasteiger partial charge in [0.1, 0.15) is 0 Å². The van der Waals surface area contributed by atoms with E-state index in [9.17, 15) is 0 Å². The second-order valence-corrected chi connectivity index (χ2v) is 9.18. The summed E-state index contributed by atoms with van der Waals surface area (Å²) in [5.74, 6) is 5.25. The molecule has 0 atom stereocenters. The number of anilines is 2. The minimum Gasteiger partial charge on any atom is -0.354 e. The number of benzene rings is 2. The molecular formula is C31H51N5. The summed E-state index contributed by atoms with van der Waals surface area (Å²) < 4.78 is 0. The van der Waals surface area contributed by atoms with Gasteiger partial charge < -0.3 is 16.1 Å². The van der Waals surface area contributed by atoms with Crippen LogP contribution in [-0.4, -0.2) is 18.8 Å². The molecule has 2 rings (SSSR count). The van der Waals surface area contributed by atoms with E-state index in [1.807, 2.05) is 64.1 Å². The summed E-state index contributed by atoms with van der Waals surface area (Å²) in [5.41, 5.74) is 11.0. The third-order valence-corrected chi connectivity index (χ3v) is 5.58. The summed E-state index contributed by atoms with van der Waals surface area (Å²) >= 11 is 0. The van der Waals surface area contributed by atoms with Crippen molar-refractivity contribution in [2.24, 2.45) is 10.8 Å². The highest BCUT2D eigenvalue weighted by molar-refractivity contribution is 5.80. The highest BCUT2D eigenvalue weighted by Gasteiger charge is 2.03. The molecule has 36 heavy (non-hydrogen) atoms. The lowest BCUT2D eigenvalue weighted by molar-refractivity contribution is 0.479. The molecular weight excluding hydrogens is 442 g/mol. The zero-order valence-electron chi connectivity index (χ0n) is 24.3. The van der Waals surface area contributed by atoms with Crippen molar-refractivity contribution in [1.82, 2.24) is 5.32 Å². The number of aryl methyl sites for hydroxylation is 3. The molecule has 5 nitrogen and oxygen atoms in total. The van der Waals surface area contributed by atoms with Crippen LogP contribution < -0.4 is 21.9 Å². The van der Waals surface area contributed by atoms with Crippen molar-refractivity contribution in [1.29, 1.82) is 0 Å². The third kappa shape index (κ3) is 13.9. The van der Waals surface area contributed by atoms with Crippen LogP contribution in [0.3, 0.4) is 0 Å². The van der Waals surface area contributed by atoms with Gasteiger partial charge >= 0.3 is 0 Å². The molecule has 2 aromatic rings. The van der Waals surface area contributed by atoms with Gasteiger partial charge in [-0.25, -0.2) is 0 Å². The van der Waals surface area contributed by atoms with Crippen molar-refractivity contribution in [3.63, 3.8) is 0 Å². The first kappa shape index (κ1) is 33.1. The Balaban J connectivity index is 0.000000551. The molecule has 0 radical (unpaired) electrons. The summed E-state index contributed by atoms with van der Waals surface area (Å²) in [6, 6.07) is 15.0. The van der Waals surface area contributed by atoms with Crippen molar-refractivity contribution in [3.8, 4) is 0 Å². The molecule has 2 aromatic carbocycles. The number of hydrazine groups is 1. The molecule has 0 aliphatic carbocycles. The topological polar surface area (TPSA) is 74.5 Å². The molecule has 5 N–H and O–H groups in total. The molecule has 0 saturated carbocycles. The van der Waals surface area contributed by atoms with Crippen molar-refractivity contribution in [2.75, 3.05) is 17.8 Å². The predicted octanol–water partition coefficient (Wildman–Crippen LogP) is 8.07. The molecule has 0 aromatic heterocycles. The van der Waals surface area contributed by atoms with Crippen LogP contribution in [0.25, 0.3) is 0 Å². The molecule has 200 valence electrons. The van der Waals surface area contributed by atoms with Gasteiger partial charge in [-0.05, 0) is 84.7 Å². The number of nitrogens with one attached hydrogen (secondary N) is 3. The highest BCUT2D eigenvalue weighted by atomic mass is 15.2. The van der Waals surface area contributed by atoms with Crippen molar-refractivity contribution in [2.45, 2.75) is 87.1 Å². The number of nitrogen functional groups attached to an aromatic ring is 1. The van der Waals surface area contributed by atoms with E-state index in [1.165, 1.54) is 42.4 Å². The molecule has 0 bridgehead atoms. The van der Waals surface area contributed by atoms with Gasteiger partial charge in [0, 0.05) is 17.4 Å². The maximum atomic E-state index is 5.25. The van der Waals surface area contributed by atoms with E-state index in [0.717, 1.165) is 34.5 Å². The van der Waals surface area contributed by atoms with E-state index in [2.05, 4.69) is 74.5 Å². The van der Waals surface area contributed by atoms with Crippen LogP contribution in [0.15, 0.2) is 71.5 Å². The quantitative estimate of drug-likeness (QED) is 0.117. The Kier molecular flexibility index (Phi) is 17.8. The SMILES string of the molecule is C=C(Nc1ccccc1C)/C(=C/C)N=C(C)C.CCCC(CCC)NC.Cc1ccc(NN)c(C)c1. The van der Waals surface area contributed by atoms with Gasteiger partial charge in [0.05, 0.1) is 17.1 Å². The van der Waals surface area contributed by atoms with Crippen LogP contribution in [0.4, 0.5) is 11.4 Å². The number of nitrogens with two attached hydrogens (primary N) is 1. The molecule has 0 spiro atoms. The molecule has 0 unspecified atom stereocenters. The van der Waals surface area contributed by atoms with Crippen molar-refractivity contribution >= 4 is 17.1 Å². The van der Waals surface area contributed by atoms with Gasteiger partial charge in [-0.3, -0.25) is 10.8 Å². The van der Waals surface area contributed by atoms with Gasteiger partial charge in [0.15, 0.2) is 0 Å². The zero-order valence-corrected chi connectivity index (χ0v) is 24.3. The summed E-state index contributed by atoms with van der Waals surface area (Å²) in [7, 11) is 2.05. The number of allylic oxidation sites excluding steroid dienone is 1. The van der Waals surface area contributed by atoms with E-state index in [0.29, 0.717) is 0 Å². The molecule has 0 aliphatic rings. The summed E-state index contributed by atoms with van der Waals surface area (Å²) in [6.45, 7) is 20.6. The van der Waals surface area contributed by atoms with E-state index >= 15 is 0 Å².